The summed E-state index contributed by atoms with van der Waals surface area (Å²) in [5, 5.41) is 3.24. The van der Waals surface area contributed by atoms with Gasteiger partial charge in [0.25, 0.3) is 5.91 Å². The first kappa shape index (κ1) is 20.2. The van der Waals surface area contributed by atoms with Crippen LogP contribution < -0.4 is 15.8 Å². The maximum Gasteiger partial charge on any atom is 0.325 e. The van der Waals surface area contributed by atoms with Crippen LogP contribution in [0.2, 0.25) is 5.02 Å². The smallest absolute Gasteiger partial charge is 0.325 e. The Kier molecular flexibility index (Phi) is 5.62. The number of nitrogens with one attached hydrogen (secondary N) is 1. The first-order chi connectivity index (χ1) is 13.2. The lowest BCUT2D eigenvalue weighted by atomic mass is 9.90. The Morgan fingerprint density at radius 3 is 2.71 bits per heavy atom. The maximum atomic E-state index is 12.9. The molecule has 0 radical (unpaired) electrons. The summed E-state index contributed by atoms with van der Waals surface area (Å²) in [6.45, 7) is 1.76. The van der Waals surface area contributed by atoms with Gasteiger partial charge in [-0.15, -0.1) is 0 Å². The normalized spacial score (nSPS) is 18.9. The summed E-state index contributed by atoms with van der Waals surface area (Å²) in [6.07, 6.45) is 0. The van der Waals surface area contributed by atoms with Gasteiger partial charge in [0.05, 0.1) is 11.0 Å². The van der Waals surface area contributed by atoms with E-state index in [0.29, 0.717) is 20.8 Å². The minimum absolute atomic E-state index is 0.0604. The van der Waals surface area contributed by atoms with E-state index in [9.17, 15) is 14.4 Å². The molecule has 1 atom stereocenters. The zero-order chi connectivity index (χ0) is 20.5. The number of hydrogen-bond acceptors (Lipinski definition) is 4. The minimum Gasteiger partial charge on any atom is -0.491 e. The van der Waals surface area contributed by atoms with E-state index < -0.39 is 23.4 Å². The molecule has 4 amide bonds. The molecular weight excluding hydrogens is 450 g/mol. The highest BCUT2D eigenvalue weighted by atomic mass is 79.9. The number of hydrogen-bond donors (Lipinski definition) is 2. The molecular formula is C19H17BrClN3O4. The van der Waals surface area contributed by atoms with Crippen molar-refractivity contribution in [1.82, 2.24) is 10.2 Å². The molecule has 1 aliphatic heterocycles. The van der Waals surface area contributed by atoms with Gasteiger partial charge in [-0.3, -0.25) is 14.5 Å². The van der Waals surface area contributed by atoms with Crippen LogP contribution in [0.25, 0.3) is 0 Å². The van der Waals surface area contributed by atoms with Crippen molar-refractivity contribution in [3.8, 4) is 5.75 Å². The molecule has 0 saturated carbocycles. The quantitative estimate of drug-likeness (QED) is 0.639. The van der Waals surface area contributed by atoms with E-state index in [1.165, 1.54) is 6.07 Å². The number of primary amides is 1. The van der Waals surface area contributed by atoms with Crippen LogP contribution in [0.3, 0.4) is 0 Å². The van der Waals surface area contributed by atoms with Gasteiger partial charge >= 0.3 is 6.03 Å². The molecule has 28 heavy (non-hydrogen) atoms. The van der Waals surface area contributed by atoms with E-state index in [1.54, 1.807) is 43.3 Å². The van der Waals surface area contributed by atoms with Crippen molar-refractivity contribution in [3.05, 3.63) is 63.1 Å². The van der Waals surface area contributed by atoms with Gasteiger partial charge in [-0.25, -0.2) is 4.79 Å². The van der Waals surface area contributed by atoms with Crippen molar-refractivity contribution < 1.29 is 19.1 Å². The molecule has 1 unspecified atom stereocenters. The minimum atomic E-state index is -1.29. The van der Waals surface area contributed by atoms with Crippen molar-refractivity contribution in [2.45, 2.75) is 12.5 Å². The van der Waals surface area contributed by atoms with Crippen molar-refractivity contribution in [2.75, 3.05) is 13.2 Å². The van der Waals surface area contributed by atoms with Crippen LogP contribution >= 0.6 is 27.5 Å². The van der Waals surface area contributed by atoms with Crippen LogP contribution in [0, 0.1) is 0 Å². The predicted octanol–water partition coefficient (Wildman–Crippen LogP) is 3.05. The Morgan fingerprint density at radius 2 is 2.04 bits per heavy atom. The molecule has 1 saturated heterocycles. The van der Waals surface area contributed by atoms with Crippen molar-refractivity contribution in [2.24, 2.45) is 5.73 Å². The van der Waals surface area contributed by atoms with E-state index in [2.05, 4.69) is 21.2 Å². The van der Waals surface area contributed by atoms with Gasteiger partial charge in [0.15, 0.2) is 0 Å². The summed E-state index contributed by atoms with van der Waals surface area (Å²) in [4.78, 5) is 37.8. The average Bonchev–Trinajstić information content (AvgIpc) is 2.87. The SMILES string of the molecule is CC1(c2cccc(C(N)=O)c2)NC(=O)N(CCOc2ccc(Cl)cc2Br)C1=O. The van der Waals surface area contributed by atoms with E-state index in [-0.39, 0.29) is 18.7 Å². The van der Waals surface area contributed by atoms with Gasteiger partial charge in [-0.2, -0.15) is 0 Å². The van der Waals surface area contributed by atoms with Crippen molar-refractivity contribution >= 4 is 45.4 Å². The third-order valence-electron chi connectivity index (χ3n) is 4.47. The molecule has 9 heteroatoms. The zero-order valence-corrected chi connectivity index (χ0v) is 17.2. The fourth-order valence-electron chi connectivity index (χ4n) is 2.92. The topological polar surface area (TPSA) is 102 Å². The van der Waals surface area contributed by atoms with Crippen LogP contribution in [0.1, 0.15) is 22.8 Å². The van der Waals surface area contributed by atoms with Crippen LogP contribution in [0.4, 0.5) is 4.79 Å². The summed E-state index contributed by atoms with van der Waals surface area (Å²) >= 11 is 9.24. The lowest BCUT2D eigenvalue weighted by Crippen LogP contribution is -2.41. The Morgan fingerprint density at radius 1 is 1.29 bits per heavy atom. The van der Waals surface area contributed by atoms with Gasteiger partial charge in [0, 0.05) is 10.6 Å². The number of ether oxygens (including phenoxy) is 1. The largest absolute Gasteiger partial charge is 0.491 e. The highest BCUT2D eigenvalue weighted by molar-refractivity contribution is 9.10. The number of amides is 4. The fraction of sp³-hybridized carbons (Fsp3) is 0.211. The predicted molar refractivity (Wildman–Crippen MR) is 107 cm³/mol. The molecule has 146 valence electrons. The number of rotatable bonds is 6. The Labute approximate surface area is 174 Å². The molecule has 7 nitrogen and oxygen atoms in total. The monoisotopic (exact) mass is 465 g/mol. The summed E-state index contributed by atoms with van der Waals surface area (Å²) in [6, 6.07) is 10.9. The van der Waals surface area contributed by atoms with Crippen LogP contribution in [0.5, 0.6) is 5.75 Å². The number of imide groups is 1. The zero-order valence-electron chi connectivity index (χ0n) is 14.9. The van der Waals surface area contributed by atoms with Gasteiger partial charge in [-0.05, 0) is 58.7 Å². The summed E-state index contributed by atoms with van der Waals surface area (Å²) < 4.78 is 6.31. The Bertz CT molecular complexity index is 968. The van der Waals surface area contributed by atoms with Gasteiger partial charge in [0.1, 0.15) is 17.9 Å². The van der Waals surface area contributed by atoms with Crippen molar-refractivity contribution in [3.63, 3.8) is 0 Å². The van der Waals surface area contributed by atoms with Crippen LogP contribution in [0.15, 0.2) is 46.9 Å². The van der Waals surface area contributed by atoms with E-state index >= 15 is 0 Å². The lowest BCUT2D eigenvalue weighted by molar-refractivity contribution is -0.131. The lowest BCUT2D eigenvalue weighted by Gasteiger charge is -2.22. The van der Waals surface area contributed by atoms with Crippen LogP contribution in [-0.4, -0.2) is 35.9 Å². The second-order valence-electron chi connectivity index (χ2n) is 6.38. The van der Waals surface area contributed by atoms with E-state index in [0.717, 1.165) is 4.90 Å². The number of carbonyl (C=O) groups excluding carboxylic acids is 3. The standard InChI is InChI=1S/C19H17BrClN3O4/c1-19(12-4-2-3-11(9-12)16(22)25)17(26)24(18(27)23-19)7-8-28-15-6-5-13(21)10-14(15)20/h2-6,9-10H,7-8H2,1H3,(H2,22,25)(H,23,27). The molecule has 0 spiro atoms. The number of carbonyl (C=O) groups is 3. The van der Waals surface area contributed by atoms with Gasteiger partial charge in [0.2, 0.25) is 5.91 Å². The molecule has 2 aromatic rings. The second kappa shape index (κ2) is 7.81. The third kappa shape index (κ3) is 3.83. The third-order valence-corrected chi connectivity index (χ3v) is 5.32. The number of benzene rings is 2. The van der Waals surface area contributed by atoms with Crippen molar-refractivity contribution in [1.29, 1.82) is 0 Å². The highest BCUT2D eigenvalue weighted by Gasteiger charge is 2.48. The average molecular weight is 467 g/mol. The van der Waals surface area contributed by atoms with E-state index in [4.69, 9.17) is 22.1 Å². The molecule has 1 heterocycles. The molecule has 0 aliphatic carbocycles. The second-order valence-corrected chi connectivity index (χ2v) is 7.67. The molecule has 3 rings (SSSR count). The Balaban J connectivity index is 1.72. The highest BCUT2D eigenvalue weighted by Crippen LogP contribution is 2.30. The molecule has 0 bridgehead atoms. The van der Waals surface area contributed by atoms with Gasteiger partial charge < -0.3 is 15.8 Å². The van der Waals surface area contributed by atoms with Crippen LogP contribution in [-0.2, 0) is 10.3 Å². The summed E-state index contributed by atoms with van der Waals surface area (Å²) in [5.74, 6) is -0.493. The summed E-state index contributed by atoms with van der Waals surface area (Å²) in [5.41, 5.74) is 4.75. The molecule has 0 aromatic heterocycles. The van der Waals surface area contributed by atoms with Gasteiger partial charge in [-0.1, -0.05) is 23.7 Å². The number of nitrogens with zero attached hydrogens (tertiary/aromatic N) is 1. The maximum absolute atomic E-state index is 12.9. The molecule has 1 fully saturated rings. The fourth-order valence-corrected chi connectivity index (χ4v) is 3.72. The molecule has 2 aromatic carbocycles. The Hall–Kier alpha value is -2.58. The molecule has 1 aliphatic rings. The number of halogens is 2. The summed E-state index contributed by atoms with van der Waals surface area (Å²) in [7, 11) is 0. The number of urea groups is 1. The molecule has 3 N–H and O–H groups in total. The van der Waals surface area contributed by atoms with E-state index in [1.807, 2.05) is 0 Å². The first-order valence-electron chi connectivity index (χ1n) is 8.34. The number of nitrogens with two attached hydrogens (primary N) is 1. The first-order valence-corrected chi connectivity index (χ1v) is 9.52.